The van der Waals surface area contributed by atoms with E-state index in [-0.39, 0.29) is 17.7 Å². The quantitative estimate of drug-likeness (QED) is 0.859. The van der Waals surface area contributed by atoms with Crippen LogP contribution in [0, 0.1) is 0 Å². The van der Waals surface area contributed by atoms with Crippen LogP contribution in [-0.2, 0) is 17.7 Å². The molecule has 1 aromatic rings. The zero-order chi connectivity index (χ0) is 18.7. The number of benzene rings is 1. The van der Waals surface area contributed by atoms with E-state index in [0.29, 0.717) is 6.54 Å². The molecule has 0 fully saturated rings. The number of fused-ring (bicyclic) bond motifs is 1. The number of nitrogens with zero attached hydrogens (tertiary/aromatic N) is 1. The van der Waals surface area contributed by atoms with Gasteiger partial charge in [-0.15, -0.1) is 0 Å². The van der Waals surface area contributed by atoms with E-state index >= 15 is 0 Å². The number of ether oxygens (including phenoxy) is 1. The van der Waals surface area contributed by atoms with Crippen molar-refractivity contribution in [2.75, 3.05) is 13.1 Å². The van der Waals surface area contributed by atoms with E-state index in [1.54, 1.807) is 0 Å². The number of hydrogen-bond donors (Lipinski definition) is 2. The Morgan fingerprint density at radius 1 is 1.24 bits per heavy atom. The van der Waals surface area contributed by atoms with Crippen LogP contribution in [-0.4, -0.2) is 41.3 Å². The Balaban J connectivity index is 1.98. The second-order valence-electron chi connectivity index (χ2n) is 8.59. The minimum atomic E-state index is -0.496. The first kappa shape index (κ1) is 19.7. The van der Waals surface area contributed by atoms with E-state index in [9.17, 15) is 4.79 Å². The molecule has 1 atom stereocenters. The molecule has 1 amide bonds. The number of rotatable bonds is 5. The van der Waals surface area contributed by atoms with Crippen molar-refractivity contribution in [3.8, 4) is 0 Å². The molecule has 5 nitrogen and oxygen atoms in total. The summed E-state index contributed by atoms with van der Waals surface area (Å²) in [5.74, 6) is 0. The maximum Gasteiger partial charge on any atom is 0.408 e. The molecule has 0 aliphatic carbocycles. The van der Waals surface area contributed by atoms with E-state index in [2.05, 4.69) is 34.5 Å². The van der Waals surface area contributed by atoms with E-state index < -0.39 is 5.60 Å². The molecule has 1 heterocycles. The normalized spacial score (nSPS) is 16.9. The molecule has 1 aliphatic heterocycles. The van der Waals surface area contributed by atoms with Gasteiger partial charge in [0, 0.05) is 31.2 Å². The highest BCUT2D eigenvalue weighted by Crippen LogP contribution is 2.24. The Morgan fingerprint density at radius 2 is 1.88 bits per heavy atom. The van der Waals surface area contributed by atoms with E-state index in [1.807, 2.05) is 34.6 Å². The van der Waals surface area contributed by atoms with Crippen LogP contribution < -0.4 is 11.1 Å². The lowest BCUT2D eigenvalue weighted by molar-refractivity contribution is 0.0444. The van der Waals surface area contributed by atoms with Gasteiger partial charge in [-0.25, -0.2) is 4.79 Å². The number of amides is 1. The van der Waals surface area contributed by atoms with Crippen molar-refractivity contribution >= 4 is 6.09 Å². The number of hydrogen-bond acceptors (Lipinski definition) is 4. The summed E-state index contributed by atoms with van der Waals surface area (Å²) >= 11 is 0. The third kappa shape index (κ3) is 6.01. The predicted molar refractivity (Wildman–Crippen MR) is 101 cm³/mol. The van der Waals surface area contributed by atoms with Gasteiger partial charge in [0.1, 0.15) is 5.60 Å². The fourth-order valence-corrected chi connectivity index (χ4v) is 3.41. The number of carbonyl (C=O) groups excluding carboxylic acids is 1. The molecule has 1 unspecified atom stereocenters. The standard InChI is InChI=1S/C20H33N3O2/c1-19(2,3)25-18(24)22-20(4,5)12-17(13-21)23-11-10-15-8-6-7-9-16(15)14-23/h6-9,17H,10-14,21H2,1-5H3,(H,22,24). The minimum absolute atomic E-state index is 0.221. The van der Waals surface area contributed by atoms with Gasteiger partial charge < -0.3 is 15.8 Å². The zero-order valence-corrected chi connectivity index (χ0v) is 16.3. The summed E-state index contributed by atoms with van der Waals surface area (Å²) in [7, 11) is 0. The van der Waals surface area contributed by atoms with Gasteiger partial charge in [0.15, 0.2) is 0 Å². The van der Waals surface area contributed by atoms with Crippen molar-refractivity contribution in [3.63, 3.8) is 0 Å². The van der Waals surface area contributed by atoms with Crippen LogP contribution >= 0.6 is 0 Å². The molecule has 3 N–H and O–H groups in total. The van der Waals surface area contributed by atoms with Crippen LogP contribution in [0.2, 0.25) is 0 Å². The third-order valence-corrected chi connectivity index (χ3v) is 4.53. The van der Waals surface area contributed by atoms with Crippen molar-refractivity contribution < 1.29 is 9.53 Å². The van der Waals surface area contributed by atoms with E-state index in [1.165, 1.54) is 11.1 Å². The van der Waals surface area contributed by atoms with E-state index in [4.69, 9.17) is 10.5 Å². The topological polar surface area (TPSA) is 67.6 Å². The second-order valence-corrected chi connectivity index (χ2v) is 8.59. The van der Waals surface area contributed by atoms with E-state index in [0.717, 1.165) is 25.9 Å². The van der Waals surface area contributed by atoms with Crippen LogP contribution in [0.1, 0.15) is 52.2 Å². The maximum atomic E-state index is 12.1. The molecule has 0 saturated carbocycles. The largest absolute Gasteiger partial charge is 0.444 e. The SMILES string of the molecule is CC(C)(CC(CN)N1CCc2ccccc2C1)NC(=O)OC(C)(C)C. The van der Waals surface area contributed by atoms with Gasteiger partial charge >= 0.3 is 6.09 Å². The van der Waals surface area contributed by atoms with Crippen LogP contribution in [0.3, 0.4) is 0 Å². The molecule has 0 saturated heterocycles. The minimum Gasteiger partial charge on any atom is -0.444 e. The third-order valence-electron chi connectivity index (χ3n) is 4.53. The van der Waals surface area contributed by atoms with Gasteiger partial charge in [0.05, 0.1) is 0 Å². The monoisotopic (exact) mass is 347 g/mol. The summed E-state index contributed by atoms with van der Waals surface area (Å²) in [5.41, 5.74) is 8.01. The Labute approximate surface area is 151 Å². The summed E-state index contributed by atoms with van der Waals surface area (Å²) in [6.07, 6.45) is 1.45. The van der Waals surface area contributed by atoms with Gasteiger partial charge in [-0.2, -0.15) is 0 Å². The zero-order valence-electron chi connectivity index (χ0n) is 16.3. The second kappa shape index (κ2) is 7.75. The van der Waals surface area contributed by atoms with Crippen molar-refractivity contribution in [2.45, 2.75) is 71.2 Å². The van der Waals surface area contributed by atoms with Gasteiger partial charge in [0.25, 0.3) is 0 Å². The van der Waals surface area contributed by atoms with Gasteiger partial charge in [-0.05, 0) is 58.6 Å². The van der Waals surface area contributed by atoms with Crippen LogP contribution in [0.4, 0.5) is 4.79 Å². The fraction of sp³-hybridized carbons (Fsp3) is 0.650. The average Bonchev–Trinajstić information content (AvgIpc) is 2.49. The van der Waals surface area contributed by atoms with Crippen molar-refractivity contribution in [3.05, 3.63) is 35.4 Å². The Hall–Kier alpha value is -1.59. The molecule has 25 heavy (non-hydrogen) atoms. The van der Waals surface area contributed by atoms with Crippen molar-refractivity contribution in [1.82, 2.24) is 10.2 Å². The number of nitrogens with one attached hydrogen (secondary N) is 1. The summed E-state index contributed by atoms with van der Waals surface area (Å²) in [5, 5.41) is 2.99. The highest BCUT2D eigenvalue weighted by Gasteiger charge is 2.31. The lowest BCUT2D eigenvalue weighted by Gasteiger charge is -2.39. The first-order valence-corrected chi connectivity index (χ1v) is 9.12. The molecule has 5 heteroatoms. The molecular formula is C20H33N3O2. The molecule has 0 radical (unpaired) electrons. The average molecular weight is 348 g/mol. The molecule has 0 bridgehead atoms. The molecule has 1 aliphatic rings. The Kier molecular flexibility index (Phi) is 6.12. The van der Waals surface area contributed by atoms with Crippen molar-refractivity contribution in [1.29, 1.82) is 0 Å². The maximum absolute atomic E-state index is 12.1. The first-order chi connectivity index (χ1) is 11.6. The lowest BCUT2D eigenvalue weighted by atomic mass is 9.91. The molecule has 2 rings (SSSR count). The first-order valence-electron chi connectivity index (χ1n) is 9.12. The van der Waals surface area contributed by atoms with Gasteiger partial charge in [-0.1, -0.05) is 24.3 Å². The number of nitrogens with two attached hydrogens (primary N) is 1. The van der Waals surface area contributed by atoms with Gasteiger partial charge in [-0.3, -0.25) is 4.90 Å². The highest BCUT2D eigenvalue weighted by molar-refractivity contribution is 5.68. The molecule has 1 aromatic carbocycles. The van der Waals surface area contributed by atoms with Crippen LogP contribution in [0.15, 0.2) is 24.3 Å². The summed E-state index contributed by atoms with van der Waals surface area (Å²) in [4.78, 5) is 14.5. The number of carbonyl (C=O) groups is 1. The highest BCUT2D eigenvalue weighted by atomic mass is 16.6. The molecular weight excluding hydrogens is 314 g/mol. The Bertz CT molecular complexity index is 593. The van der Waals surface area contributed by atoms with Gasteiger partial charge in [0.2, 0.25) is 0 Å². The smallest absolute Gasteiger partial charge is 0.408 e. The summed E-state index contributed by atoms with van der Waals surface area (Å²) in [6, 6.07) is 8.81. The van der Waals surface area contributed by atoms with Crippen LogP contribution in [0.25, 0.3) is 0 Å². The summed E-state index contributed by atoms with van der Waals surface area (Å²) < 4.78 is 5.39. The Morgan fingerprint density at radius 3 is 2.48 bits per heavy atom. The molecule has 140 valence electrons. The van der Waals surface area contributed by atoms with Crippen molar-refractivity contribution in [2.24, 2.45) is 5.73 Å². The van der Waals surface area contributed by atoms with Crippen LogP contribution in [0.5, 0.6) is 0 Å². The summed E-state index contributed by atoms with van der Waals surface area (Å²) in [6.45, 7) is 12.1. The predicted octanol–water partition coefficient (Wildman–Crippen LogP) is 3.07. The number of alkyl carbamates (subject to hydrolysis) is 1. The molecule has 0 spiro atoms. The fourth-order valence-electron chi connectivity index (χ4n) is 3.41. The molecule has 0 aromatic heterocycles. The lowest BCUT2D eigenvalue weighted by Crippen LogP contribution is -2.53.